The average molecular weight is 351 g/mol. The van der Waals surface area contributed by atoms with Gasteiger partial charge in [0, 0.05) is 23.7 Å². The molecule has 3 rings (SSSR count). The number of nitrogens with zero attached hydrogens (tertiary/aromatic N) is 3. The van der Waals surface area contributed by atoms with E-state index in [2.05, 4.69) is 15.5 Å². The van der Waals surface area contributed by atoms with E-state index >= 15 is 0 Å². The molecule has 2 heterocycles. The number of carboxylic acid groups (broad SMARTS) is 1. The fourth-order valence-electron chi connectivity index (χ4n) is 2.45. The summed E-state index contributed by atoms with van der Waals surface area (Å²) in [6.45, 7) is 0.706. The Balaban J connectivity index is 1.55. The van der Waals surface area contributed by atoms with Gasteiger partial charge in [0.15, 0.2) is 0 Å². The van der Waals surface area contributed by atoms with E-state index in [1.807, 2.05) is 0 Å². The minimum atomic E-state index is -0.880. The number of amides is 2. The predicted octanol–water partition coefficient (Wildman–Crippen LogP) is 2.01. The van der Waals surface area contributed by atoms with Crippen molar-refractivity contribution in [3.8, 4) is 11.4 Å². The molecule has 1 aliphatic heterocycles. The highest BCUT2D eigenvalue weighted by atomic mass is 35.5. The van der Waals surface area contributed by atoms with E-state index in [0.29, 0.717) is 23.8 Å². The molecule has 24 heavy (non-hydrogen) atoms. The van der Waals surface area contributed by atoms with Gasteiger partial charge in [0.05, 0.1) is 12.5 Å². The summed E-state index contributed by atoms with van der Waals surface area (Å²) in [6, 6.07) is 6.64. The molecule has 126 valence electrons. The van der Waals surface area contributed by atoms with Crippen molar-refractivity contribution < 1.29 is 19.2 Å². The topological polar surface area (TPSA) is 109 Å². The average Bonchev–Trinajstić information content (AvgIpc) is 3.23. The maximum atomic E-state index is 12.0. The SMILES string of the molecule is O=C(O)C1CCN(C(=O)NCc2nc(-c3ccc(Cl)cc3)no2)C1. The van der Waals surface area contributed by atoms with Gasteiger partial charge in [-0.2, -0.15) is 4.98 Å². The van der Waals surface area contributed by atoms with Crippen LogP contribution in [0.4, 0.5) is 4.79 Å². The molecule has 1 fully saturated rings. The van der Waals surface area contributed by atoms with Crippen molar-refractivity contribution in [2.45, 2.75) is 13.0 Å². The van der Waals surface area contributed by atoms with Gasteiger partial charge in [-0.25, -0.2) is 4.79 Å². The van der Waals surface area contributed by atoms with E-state index in [1.165, 1.54) is 4.90 Å². The second-order valence-corrected chi connectivity index (χ2v) is 5.88. The molecular formula is C15H15ClN4O4. The Hall–Kier alpha value is -2.61. The van der Waals surface area contributed by atoms with Gasteiger partial charge in [0.1, 0.15) is 0 Å². The molecule has 0 bridgehead atoms. The highest BCUT2D eigenvalue weighted by Gasteiger charge is 2.30. The van der Waals surface area contributed by atoms with Gasteiger partial charge in [-0.3, -0.25) is 4.79 Å². The van der Waals surface area contributed by atoms with E-state index in [-0.39, 0.29) is 25.0 Å². The molecule has 9 heteroatoms. The van der Waals surface area contributed by atoms with E-state index < -0.39 is 11.9 Å². The van der Waals surface area contributed by atoms with Crippen LogP contribution in [0.2, 0.25) is 5.02 Å². The van der Waals surface area contributed by atoms with Gasteiger partial charge in [-0.15, -0.1) is 0 Å². The van der Waals surface area contributed by atoms with Crippen LogP contribution in [0.25, 0.3) is 11.4 Å². The number of likely N-dealkylation sites (tertiary alicyclic amines) is 1. The fraction of sp³-hybridized carbons (Fsp3) is 0.333. The first-order valence-electron chi connectivity index (χ1n) is 7.37. The van der Waals surface area contributed by atoms with Crippen LogP contribution in [0.5, 0.6) is 0 Å². The van der Waals surface area contributed by atoms with Gasteiger partial charge < -0.3 is 19.8 Å². The molecule has 0 spiro atoms. The lowest BCUT2D eigenvalue weighted by molar-refractivity contribution is -0.141. The molecule has 1 aliphatic rings. The number of carbonyl (C=O) groups is 2. The first-order valence-corrected chi connectivity index (χ1v) is 7.75. The molecule has 8 nitrogen and oxygen atoms in total. The maximum absolute atomic E-state index is 12.0. The van der Waals surface area contributed by atoms with Crippen LogP contribution in [0.1, 0.15) is 12.3 Å². The van der Waals surface area contributed by atoms with Gasteiger partial charge in [0.25, 0.3) is 0 Å². The first-order chi connectivity index (χ1) is 11.5. The van der Waals surface area contributed by atoms with Crippen molar-refractivity contribution in [1.82, 2.24) is 20.4 Å². The molecule has 1 aromatic carbocycles. The smallest absolute Gasteiger partial charge is 0.317 e. The molecule has 0 aliphatic carbocycles. The van der Waals surface area contributed by atoms with Gasteiger partial charge in [-0.1, -0.05) is 16.8 Å². The number of carboxylic acids is 1. The monoisotopic (exact) mass is 350 g/mol. The van der Waals surface area contributed by atoms with Gasteiger partial charge >= 0.3 is 12.0 Å². The summed E-state index contributed by atoms with van der Waals surface area (Å²) >= 11 is 5.83. The zero-order valence-corrected chi connectivity index (χ0v) is 13.4. The summed E-state index contributed by atoms with van der Waals surface area (Å²) in [5.74, 6) is -0.712. The lowest BCUT2D eigenvalue weighted by Gasteiger charge is -2.15. The number of hydrogen-bond acceptors (Lipinski definition) is 5. The quantitative estimate of drug-likeness (QED) is 0.873. The second kappa shape index (κ2) is 6.88. The Morgan fingerprint density at radius 3 is 2.79 bits per heavy atom. The maximum Gasteiger partial charge on any atom is 0.317 e. The summed E-state index contributed by atoms with van der Waals surface area (Å²) < 4.78 is 5.10. The molecule has 0 saturated carbocycles. The predicted molar refractivity (Wildman–Crippen MR) is 84.3 cm³/mol. The number of urea groups is 1. The van der Waals surface area contributed by atoms with Crippen LogP contribution in [0.3, 0.4) is 0 Å². The number of aliphatic carboxylic acids is 1. The second-order valence-electron chi connectivity index (χ2n) is 5.45. The Morgan fingerprint density at radius 2 is 2.12 bits per heavy atom. The third kappa shape index (κ3) is 3.65. The molecule has 1 unspecified atom stereocenters. The van der Waals surface area contributed by atoms with Crippen LogP contribution in [0.15, 0.2) is 28.8 Å². The van der Waals surface area contributed by atoms with Crippen molar-refractivity contribution >= 4 is 23.6 Å². The Labute approximate surface area is 142 Å². The third-order valence-corrected chi connectivity index (χ3v) is 4.04. The van der Waals surface area contributed by atoms with E-state index in [4.69, 9.17) is 21.2 Å². The largest absolute Gasteiger partial charge is 0.481 e. The number of carbonyl (C=O) groups excluding carboxylic acids is 1. The molecule has 2 aromatic rings. The van der Waals surface area contributed by atoms with Crippen LogP contribution in [-0.2, 0) is 11.3 Å². The van der Waals surface area contributed by atoms with Crippen LogP contribution < -0.4 is 5.32 Å². The van der Waals surface area contributed by atoms with Gasteiger partial charge in [0.2, 0.25) is 11.7 Å². The molecule has 1 saturated heterocycles. The van der Waals surface area contributed by atoms with Crippen molar-refractivity contribution in [1.29, 1.82) is 0 Å². The van der Waals surface area contributed by atoms with Crippen molar-refractivity contribution in [3.63, 3.8) is 0 Å². The minimum Gasteiger partial charge on any atom is -0.481 e. The van der Waals surface area contributed by atoms with E-state index in [9.17, 15) is 9.59 Å². The Bertz CT molecular complexity index is 746. The molecule has 2 N–H and O–H groups in total. The fourth-order valence-corrected chi connectivity index (χ4v) is 2.58. The highest BCUT2D eigenvalue weighted by molar-refractivity contribution is 6.30. The number of rotatable bonds is 4. The zero-order valence-electron chi connectivity index (χ0n) is 12.6. The van der Waals surface area contributed by atoms with Crippen LogP contribution in [-0.4, -0.2) is 45.2 Å². The van der Waals surface area contributed by atoms with Crippen LogP contribution >= 0.6 is 11.6 Å². The number of benzene rings is 1. The normalized spacial score (nSPS) is 17.0. The molecule has 2 amide bonds. The van der Waals surface area contributed by atoms with E-state index in [1.54, 1.807) is 24.3 Å². The lowest BCUT2D eigenvalue weighted by atomic mass is 10.1. The highest BCUT2D eigenvalue weighted by Crippen LogP contribution is 2.19. The molecule has 1 atom stereocenters. The number of halogens is 1. The molecule has 1 aromatic heterocycles. The minimum absolute atomic E-state index is 0.0770. The zero-order chi connectivity index (χ0) is 17.1. The lowest BCUT2D eigenvalue weighted by Crippen LogP contribution is -2.38. The standard InChI is InChI=1S/C15H15ClN4O4/c16-11-3-1-9(2-4-11)13-18-12(24-19-13)7-17-15(23)20-6-5-10(8-20)14(21)22/h1-4,10H,5-8H2,(H,17,23)(H,21,22). The summed E-state index contributed by atoms with van der Waals surface area (Å²) in [6.07, 6.45) is 0.462. The number of aromatic nitrogens is 2. The van der Waals surface area contributed by atoms with Crippen molar-refractivity contribution in [2.24, 2.45) is 5.92 Å². The van der Waals surface area contributed by atoms with Crippen molar-refractivity contribution in [3.05, 3.63) is 35.2 Å². The van der Waals surface area contributed by atoms with Crippen LogP contribution in [0, 0.1) is 5.92 Å². The summed E-state index contributed by atoms with van der Waals surface area (Å²) in [4.78, 5) is 28.6. The summed E-state index contributed by atoms with van der Waals surface area (Å²) in [5.41, 5.74) is 0.754. The third-order valence-electron chi connectivity index (χ3n) is 3.79. The number of hydrogen-bond donors (Lipinski definition) is 2. The summed E-state index contributed by atoms with van der Waals surface area (Å²) in [7, 11) is 0. The number of nitrogens with one attached hydrogen (secondary N) is 1. The van der Waals surface area contributed by atoms with E-state index in [0.717, 1.165) is 5.56 Å². The summed E-state index contributed by atoms with van der Waals surface area (Å²) in [5, 5.41) is 16.1. The molecular weight excluding hydrogens is 336 g/mol. The van der Waals surface area contributed by atoms with Gasteiger partial charge in [-0.05, 0) is 30.7 Å². The van der Waals surface area contributed by atoms with Crippen molar-refractivity contribution in [2.75, 3.05) is 13.1 Å². The molecule has 0 radical (unpaired) electrons. The Kier molecular flexibility index (Phi) is 4.66. The Morgan fingerprint density at radius 1 is 1.38 bits per heavy atom. The first kappa shape index (κ1) is 16.3.